The van der Waals surface area contributed by atoms with Gasteiger partial charge < -0.3 is 24.4 Å². The van der Waals surface area contributed by atoms with Gasteiger partial charge in [0.2, 0.25) is 11.7 Å². The molecule has 2 aliphatic rings. The number of para-hydroxylation sites is 2. The van der Waals surface area contributed by atoms with E-state index in [9.17, 15) is 5.11 Å². The minimum atomic E-state index is -0.385. The number of nitrogens with one attached hydrogen (secondary N) is 1. The molecule has 2 aliphatic heterocycles. The van der Waals surface area contributed by atoms with E-state index in [1.165, 1.54) is 0 Å². The lowest BCUT2D eigenvalue weighted by molar-refractivity contribution is 0.0832. The van der Waals surface area contributed by atoms with Crippen LogP contribution in [0, 0.1) is 0 Å². The molecule has 1 saturated heterocycles. The molecule has 110 valence electrons. The van der Waals surface area contributed by atoms with Crippen LogP contribution in [0.5, 0.6) is 11.5 Å². The van der Waals surface area contributed by atoms with Gasteiger partial charge in [-0.05, 0) is 18.6 Å². The molecule has 2 aromatic rings. The zero-order valence-corrected chi connectivity index (χ0v) is 11.2. The van der Waals surface area contributed by atoms with Crippen LogP contribution in [0.25, 0.3) is 0 Å². The van der Waals surface area contributed by atoms with E-state index in [-0.39, 0.29) is 18.2 Å². The van der Waals surface area contributed by atoms with Crippen molar-refractivity contribution in [3.8, 4) is 11.5 Å². The molecule has 4 rings (SSSR count). The van der Waals surface area contributed by atoms with Gasteiger partial charge in [-0.2, -0.15) is 4.98 Å². The van der Waals surface area contributed by atoms with Gasteiger partial charge in [-0.1, -0.05) is 17.3 Å². The van der Waals surface area contributed by atoms with E-state index < -0.39 is 0 Å². The summed E-state index contributed by atoms with van der Waals surface area (Å²) in [6.45, 7) is 0.884. The number of aliphatic hydroxyl groups is 1. The van der Waals surface area contributed by atoms with Crippen molar-refractivity contribution >= 4 is 0 Å². The van der Waals surface area contributed by atoms with Crippen LogP contribution in [-0.4, -0.2) is 34.5 Å². The van der Waals surface area contributed by atoms with E-state index >= 15 is 0 Å². The first-order valence-corrected chi connectivity index (χ1v) is 6.93. The lowest BCUT2D eigenvalue weighted by Crippen LogP contribution is -2.22. The van der Waals surface area contributed by atoms with Crippen molar-refractivity contribution < 1.29 is 19.1 Å². The van der Waals surface area contributed by atoms with Crippen LogP contribution >= 0.6 is 0 Å². The Bertz CT molecular complexity index is 645. The molecule has 3 atom stereocenters. The van der Waals surface area contributed by atoms with Crippen LogP contribution < -0.4 is 14.8 Å². The second kappa shape index (κ2) is 5.01. The van der Waals surface area contributed by atoms with Crippen LogP contribution in [0.15, 0.2) is 28.8 Å². The van der Waals surface area contributed by atoms with Crippen LogP contribution in [0.4, 0.5) is 0 Å². The van der Waals surface area contributed by atoms with Gasteiger partial charge in [0.15, 0.2) is 17.6 Å². The zero-order valence-electron chi connectivity index (χ0n) is 11.2. The van der Waals surface area contributed by atoms with E-state index in [0.29, 0.717) is 37.0 Å². The van der Waals surface area contributed by atoms with E-state index in [1.54, 1.807) is 0 Å². The van der Waals surface area contributed by atoms with Crippen molar-refractivity contribution in [2.75, 3.05) is 13.2 Å². The standard InChI is InChI=1S/C14H15N3O4/c18-8-5-9(15-6-8)14-16-13(17-21-14)12-7-19-10-3-1-2-4-11(10)20-12/h1-4,8-9,12,15,18H,5-7H2/t8-,9-,12?/m0/s1. The summed E-state index contributed by atoms with van der Waals surface area (Å²) in [5, 5.41) is 16.6. The molecule has 0 bridgehead atoms. The molecule has 1 aromatic heterocycles. The number of rotatable bonds is 2. The second-order valence-corrected chi connectivity index (χ2v) is 5.21. The fourth-order valence-corrected chi connectivity index (χ4v) is 2.57. The molecular weight excluding hydrogens is 274 g/mol. The maximum Gasteiger partial charge on any atom is 0.244 e. The quantitative estimate of drug-likeness (QED) is 0.851. The van der Waals surface area contributed by atoms with Crippen molar-refractivity contribution in [3.63, 3.8) is 0 Å². The first-order chi connectivity index (χ1) is 10.3. The molecule has 0 spiro atoms. The Kier molecular flexibility index (Phi) is 3.01. The molecule has 0 radical (unpaired) electrons. The maximum absolute atomic E-state index is 9.53. The number of fused-ring (bicyclic) bond motifs is 1. The highest BCUT2D eigenvalue weighted by atomic mass is 16.6. The van der Waals surface area contributed by atoms with Crippen LogP contribution in [0.3, 0.4) is 0 Å². The number of hydrogen-bond acceptors (Lipinski definition) is 7. The predicted octanol–water partition coefficient (Wildman–Crippen LogP) is 0.977. The first kappa shape index (κ1) is 12.6. The normalized spacial score (nSPS) is 27.8. The molecule has 0 aliphatic carbocycles. The Labute approximate surface area is 120 Å². The highest BCUT2D eigenvalue weighted by Gasteiger charge is 2.31. The molecule has 2 N–H and O–H groups in total. The Hall–Kier alpha value is -2.12. The summed E-state index contributed by atoms with van der Waals surface area (Å²) >= 11 is 0. The average Bonchev–Trinajstić information content (AvgIpc) is 3.15. The minimum Gasteiger partial charge on any atom is -0.485 e. The fraction of sp³-hybridized carbons (Fsp3) is 0.429. The molecule has 0 saturated carbocycles. The third kappa shape index (κ3) is 2.34. The molecule has 0 amide bonds. The van der Waals surface area contributed by atoms with Crippen LogP contribution in [0.2, 0.25) is 0 Å². The van der Waals surface area contributed by atoms with Gasteiger partial charge in [0.25, 0.3) is 0 Å². The molecular formula is C14H15N3O4. The van der Waals surface area contributed by atoms with Crippen molar-refractivity contribution in [3.05, 3.63) is 36.0 Å². The summed E-state index contributed by atoms with van der Waals surface area (Å²) < 4.78 is 16.7. The molecule has 1 aromatic carbocycles. The van der Waals surface area contributed by atoms with E-state index in [1.807, 2.05) is 24.3 Å². The SMILES string of the molecule is O[C@@H]1CN[C@H](c2nc(C3COc4ccccc4O3)no2)C1. The highest BCUT2D eigenvalue weighted by Crippen LogP contribution is 2.35. The molecule has 3 heterocycles. The highest BCUT2D eigenvalue weighted by molar-refractivity contribution is 5.40. The third-order valence-corrected chi connectivity index (χ3v) is 3.66. The Balaban J connectivity index is 1.52. The van der Waals surface area contributed by atoms with Crippen molar-refractivity contribution in [2.24, 2.45) is 0 Å². The number of aliphatic hydroxyl groups excluding tert-OH is 1. The first-order valence-electron chi connectivity index (χ1n) is 6.93. The zero-order chi connectivity index (χ0) is 14.2. The molecule has 21 heavy (non-hydrogen) atoms. The van der Waals surface area contributed by atoms with Crippen LogP contribution in [-0.2, 0) is 0 Å². The predicted molar refractivity (Wildman–Crippen MR) is 71.0 cm³/mol. The van der Waals surface area contributed by atoms with Crippen molar-refractivity contribution in [1.29, 1.82) is 0 Å². The number of hydrogen-bond donors (Lipinski definition) is 2. The van der Waals surface area contributed by atoms with Crippen LogP contribution in [0.1, 0.15) is 30.3 Å². The summed E-state index contributed by atoms with van der Waals surface area (Å²) in [5.41, 5.74) is 0. The summed E-state index contributed by atoms with van der Waals surface area (Å²) in [5.74, 6) is 2.33. The van der Waals surface area contributed by atoms with E-state index in [4.69, 9.17) is 14.0 Å². The van der Waals surface area contributed by atoms with Gasteiger partial charge in [0, 0.05) is 6.54 Å². The van der Waals surface area contributed by atoms with Gasteiger partial charge in [-0.15, -0.1) is 0 Å². The third-order valence-electron chi connectivity index (χ3n) is 3.66. The number of ether oxygens (including phenoxy) is 2. The topological polar surface area (TPSA) is 89.6 Å². The molecule has 1 fully saturated rings. The number of β-amino-alcohol motifs (C(OH)–C–C–N with tert-alkyl or cyclic N) is 1. The lowest BCUT2D eigenvalue weighted by Gasteiger charge is -2.24. The van der Waals surface area contributed by atoms with Gasteiger partial charge >= 0.3 is 0 Å². The van der Waals surface area contributed by atoms with Crippen molar-refractivity contribution in [2.45, 2.75) is 24.7 Å². The van der Waals surface area contributed by atoms with Gasteiger partial charge in [-0.3, -0.25) is 0 Å². The number of benzene rings is 1. The summed E-state index contributed by atoms with van der Waals surface area (Å²) in [4.78, 5) is 4.37. The Morgan fingerprint density at radius 3 is 2.90 bits per heavy atom. The Morgan fingerprint density at radius 1 is 1.24 bits per heavy atom. The monoisotopic (exact) mass is 289 g/mol. The fourth-order valence-electron chi connectivity index (χ4n) is 2.57. The average molecular weight is 289 g/mol. The van der Waals surface area contributed by atoms with Gasteiger partial charge in [0.05, 0.1) is 12.1 Å². The minimum absolute atomic E-state index is 0.0990. The second-order valence-electron chi connectivity index (χ2n) is 5.21. The van der Waals surface area contributed by atoms with E-state index in [2.05, 4.69) is 15.5 Å². The lowest BCUT2D eigenvalue weighted by atomic mass is 10.2. The summed E-state index contributed by atoms with van der Waals surface area (Å²) in [7, 11) is 0. The largest absolute Gasteiger partial charge is 0.485 e. The number of aromatic nitrogens is 2. The molecule has 7 nitrogen and oxygen atoms in total. The maximum atomic E-state index is 9.53. The van der Waals surface area contributed by atoms with Crippen molar-refractivity contribution in [1.82, 2.24) is 15.5 Å². The summed E-state index contributed by atoms with van der Waals surface area (Å²) in [6, 6.07) is 7.38. The number of nitrogens with zero attached hydrogens (tertiary/aromatic N) is 2. The molecule has 7 heteroatoms. The van der Waals surface area contributed by atoms with E-state index in [0.717, 1.165) is 5.75 Å². The van der Waals surface area contributed by atoms with Gasteiger partial charge in [-0.25, -0.2) is 0 Å². The molecule has 1 unspecified atom stereocenters. The smallest absolute Gasteiger partial charge is 0.244 e. The Morgan fingerprint density at radius 2 is 2.10 bits per heavy atom. The van der Waals surface area contributed by atoms with Gasteiger partial charge in [0.1, 0.15) is 6.61 Å². The summed E-state index contributed by atoms with van der Waals surface area (Å²) in [6.07, 6.45) is -0.179.